The molecule has 11 heteroatoms. The van der Waals surface area contributed by atoms with Crippen LogP contribution in [0.3, 0.4) is 0 Å². The number of nitrogens with one attached hydrogen (secondary N) is 2. The number of carbonyl (C=O) groups excluding carboxylic acids is 1. The molecule has 2 aromatic heterocycles. The molecule has 0 aliphatic carbocycles. The molecular weight excluding hydrogens is 474 g/mol. The summed E-state index contributed by atoms with van der Waals surface area (Å²) >= 11 is 0. The van der Waals surface area contributed by atoms with Gasteiger partial charge in [0.25, 0.3) is 5.56 Å². The van der Waals surface area contributed by atoms with E-state index in [1.165, 1.54) is 0 Å². The normalized spacial score (nSPS) is 19.7. The summed E-state index contributed by atoms with van der Waals surface area (Å²) in [4.78, 5) is 37.0. The predicted molar refractivity (Wildman–Crippen MR) is 140 cm³/mol. The first-order valence-electron chi connectivity index (χ1n) is 13.0. The first-order chi connectivity index (χ1) is 17.9. The maximum Gasteiger partial charge on any atom is 0.341 e. The standard InChI is InChI=1S/C26H35N7O4/c1-4-7-19-21-22(31(3)29-19)24(34)28-23(27-21)18-14-17(8-9-20(18)37-5-2)32-13-11-26(15-32)10-6-12-33(16-26)25(35)30-36/h8-9,14,36H,4-7,10-13,15-16H2,1-3H3,(H,30,35)(H,27,28,34). The Morgan fingerprint density at radius 1 is 1.24 bits per heavy atom. The Kier molecular flexibility index (Phi) is 6.80. The summed E-state index contributed by atoms with van der Waals surface area (Å²) in [5, 5.41) is 13.6. The molecule has 0 bridgehead atoms. The van der Waals surface area contributed by atoms with E-state index in [2.05, 4.69) is 21.9 Å². The maximum absolute atomic E-state index is 13.1. The molecule has 37 heavy (non-hydrogen) atoms. The molecule has 1 aromatic carbocycles. The minimum Gasteiger partial charge on any atom is -0.493 e. The highest BCUT2D eigenvalue weighted by Crippen LogP contribution is 2.42. The molecule has 1 unspecified atom stereocenters. The molecule has 2 aliphatic heterocycles. The number of benzene rings is 1. The van der Waals surface area contributed by atoms with Crippen molar-refractivity contribution in [2.24, 2.45) is 12.5 Å². The Hall–Kier alpha value is -3.60. The maximum atomic E-state index is 13.1. The van der Waals surface area contributed by atoms with E-state index in [0.717, 1.165) is 62.1 Å². The molecule has 11 nitrogen and oxygen atoms in total. The van der Waals surface area contributed by atoms with Crippen molar-refractivity contribution in [2.45, 2.75) is 46.0 Å². The lowest BCUT2D eigenvalue weighted by Gasteiger charge is -2.40. The number of aromatic amines is 1. The quantitative estimate of drug-likeness (QED) is 0.344. The highest BCUT2D eigenvalue weighted by Gasteiger charge is 2.42. The molecule has 5 rings (SSSR count). The van der Waals surface area contributed by atoms with Crippen molar-refractivity contribution in [1.29, 1.82) is 0 Å². The van der Waals surface area contributed by atoms with Crippen LogP contribution in [-0.4, -0.2) is 68.7 Å². The van der Waals surface area contributed by atoms with Crippen molar-refractivity contribution in [2.75, 3.05) is 37.7 Å². The lowest BCUT2D eigenvalue weighted by Crippen LogP contribution is -2.50. The van der Waals surface area contributed by atoms with Crippen molar-refractivity contribution in [3.05, 3.63) is 34.2 Å². The van der Waals surface area contributed by atoms with E-state index in [-0.39, 0.29) is 11.0 Å². The number of likely N-dealkylation sites (tertiary alicyclic amines) is 1. The van der Waals surface area contributed by atoms with Crippen molar-refractivity contribution >= 4 is 22.8 Å². The fourth-order valence-corrected chi connectivity index (χ4v) is 5.90. The third kappa shape index (κ3) is 4.63. The van der Waals surface area contributed by atoms with Gasteiger partial charge in [0.1, 0.15) is 17.1 Å². The fourth-order valence-electron chi connectivity index (χ4n) is 5.90. The van der Waals surface area contributed by atoms with Crippen LogP contribution in [-0.2, 0) is 13.5 Å². The van der Waals surface area contributed by atoms with Gasteiger partial charge in [0, 0.05) is 44.3 Å². The number of hydroxylamine groups is 1. The van der Waals surface area contributed by atoms with E-state index >= 15 is 0 Å². The number of aryl methyl sites for hydroxylation is 2. The van der Waals surface area contributed by atoms with Crippen molar-refractivity contribution in [3.8, 4) is 17.1 Å². The molecule has 2 fully saturated rings. The molecule has 3 N–H and O–H groups in total. The van der Waals surface area contributed by atoms with Gasteiger partial charge in [-0.1, -0.05) is 13.3 Å². The Bertz CT molecular complexity index is 1370. The molecule has 0 radical (unpaired) electrons. The number of anilines is 1. The number of H-pyrrole nitrogens is 1. The smallest absolute Gasteiger partial charge is 0.341 e. The monoisotopic (exact) mass is 509 g/mol. The van der Waals surface area contributed by atoms with Crippen LogP contribution in [0.2, 0.25) is 0 Å². The lowest BCUT2D eigenvalue weighted by molar-refractivity contribution is 0.0869. The van der Waals surface area contributed by atoms with Gasteiger partial charge >= 0.3 is 6.03 Å². The molecule has 2 saturated heterocycles. The second-order valence-corrected chi connectivity index (χ2v) is 10.2. The van der Waals surface area contributed by atoms with Crippen LogP contribution in [0, 0.1) is 5.41 Å². The summed E-state index contributed by atoms with van der Waals surface area (Å²) in [6.45, 7) is 7.43. The van der Waals surface area contributed by atoms with Gasteiger partial charge in [0.05, 0.1) is 17.9 Å². The number of fused-ring (bicyclic) bond motifs is 1. The molecule has 2 amide bonds. The van der Waals surface area contributed by atoms with Gasteiger partial charge in [0.15, 0.2) is 5.52 Å². The molecule has 2 aliphatic rings. The molecule has 3 aromatic rings. The van der Waals surface area contributed by atoms with E-state index in [9.17, 15) is 9.59 Å². The highest BCUT2D eigenvalue weighted by molar-refractivity contribution is 5.80. The van der Waals surface area contributed by atoms with Gasteiger partial charge in [-0.15, -0.1) is 0 Å². The molecule has 1 spiro atoms. The van der Waals surface area contributed by atoms with E-state index in [1.807, 2.05) is 25.1 Å². The molecule has 1 atom stereocenters. The Morgan fingerprint density at radius 3 is 2.84 bits per heavy atom. The zero-order valence-electron chi connectivity index (χ0n) is 21.7. The van der Waals surface area contributed by atoms with Gasteiger partial charge < -0.3 is 19.5 Å². The predicted octanol–water partition coefficient (Wildman–Crippen LogP) is 3.07. The molecule has 0 saturated carbocycles. The van der Waals surface area contributed by atoms with E-state index in [4.69, 9.17) is 14.9 Å². The summed E-state index contributed by atoms with van der Waals surface area (Å²) in [5.74, 6) is 1.12. The van der Waals surface area contributed by atoms with Crippen LogP contribution >= 0.6 is 0 Å². The van der Waals surface area contributed by atoms with Crippen LogP contribution in [0.15, 0.2) is 23.0 Å². The van der Waals surface area contributed by atoms with Gasteiger partial charge in [-0.3, -0.25) is 14.7 Å². The number of hydrogen-bond donors (Lipinski definition) is 3. The van der Waals surface area contributed by atoms with Gasteiger partial charge in [-0.05, 0) is 50.8 Å². The number of hydrogen-bond acceptors (Lipinski definition) is 7. The van der Waals surface area contributed by atoms with Crippen molar-refractivity contribution in [3.63, 3.8) is 0 Å². The van der Waals surface area contributed by atoms with Crippen LogP contribution < -0.4 is 20.7 Å². The largest absolute Gasteiger partial charge is 0.493 e. The van der Waals surface area contributed by atoms with Crippen molar-refractivity contribution < 1.29 is 14.7 Å². The Labute approximate surface area is 215 Å². The first-order valence-corrected chi connectivity index (χ1v) is 13.0. The topological polar surface area (TPSA) is 129 Å². The summed E-state index contributed by atoms with van der Waals surface area (Å²) in [6, 6.07) is 5.57. The van der Waals surface area contributed by atoms with Gasteiger partial charge in [-0.2, -0.15) is 5.10 Å². The number of nitrogens with zero attached hydrogens (tertiary/aromatic N) is 5. The van der Waals surface area contributed by atoms with Crippen LogP contribution in [0.5, 0.6) is 5.75 Å². The number of aromatic nitrogens is 4. The van der Waals surface area contributed by atoms with Crippen molar-refractivity contribution in [1.82, 2.24) is 30.1 Å². The minimum absolute atomic E-state index is 0.0141. The Balaban J connectivity index is 1.50. The number of carbonyl (C=O) groups is 1. The lowest BCUT2D eigenvalue weighted by atomic mass is 9.79. The zero-order chi connectivity index (χ0) is 26.2. The first kappa shape index (κ1) is 25.1. The zero-order valence-corrected chi connectivity index (χ0v) is 21.7. The van der Waals surface area contributed by atoms with E-state index < -0.39 is 6.03 Å². The van der Waals surface area contributed by atoms with E-state index in [0.29, 0.717) is 42.3 Å². The highest BCUT2D eigenvalue weighted by atomic mass is 16.5. The minimum atomic E-state index is -0.441. The Morgan fingerprint density at radius 2 is 2.08 bits per heavy atom. The summed E-state index contributed by atoms with van der Waals surface area (Å²) in [5.41, 5.74) is 5.19. The number of ether oxygens (including phenoxy) is 1. The van der Waals surface area contributed by atoms with Crippen LogP contribution in [0.1, 0.15) is 45.2 Å². The summed E-state index contributed by atoms with van der Waals surface area (Å²) in [7, 11) is 1.77. The third-order valence-corrected chi connectivity index (χ3v) is 7.62. The van der Waals surface area contributed by atoms with E-state index in [1.54, 1.807) is 22.1 Å². The number of urea groups is 1. The number of rotatable bonds is 6. The summed E-state index contributed by atoms with van der Waals surface area (Å²) < 4.78 is 7.53. The fraction of sp³-hybridized carbons (Fsp3) is 0.538. The second-order valence-electron chi connectivity index (χ2n) is 10.2. The molecular formula is C26H35N7O4. The van der Waals surface area contributed by atoms with Gasteiger partial charge in [0.2, 0.25) is 0 Å². The van der Waals surface area contributed by atoms with Gasteiger partial charge in [-0.25, -0.2) is 15.3 Å². The molecule has 198 valence electrons. The van der Waals surface area contributed by atoms with Crippen LogP contribution in [0.25, 0.3) is 22.4 Å². The number of amides is 2. The summed E-state index contributed by atoms with van der Waals surface area (Å²) in [6.07, 6.45) is 4.56. The molecule has 4 heterocycles. The number of piperidine rings is 1. The second kappa shape index (κ2) is 10.0. The average molecular weight is 510 g/mol. The van der Waals surface area contributed by atoms with Crippen LogP contribution in [0.4, 0.5) is 10.5 Å². The SMILES string of the molecule is CCCc1nn(C)c2c(=O)[nH]c(-c3cc(N4CCC5(CCCN(C(=O)NO)C5)C4)ccc3OCC)nc12. The third-order valence-electron chi connectivity index (χ3n) is 7.62. The average Bonchev–Trinajstić information content (AvgIpc) is 3.45.